The Hall–Kier alpha value is -1.99. The Morgan fingerprint density at radius 2 is 1.81 bits per heavy atom. The molecular weight excluding hydrogens is 348 g/mol. The number of carbonyl (C=O) groups excluding carboxylic acids is 2. The molecule has 8 nitrogen and oxygen atoms in total. The minimum atomic E-state index is -0.529. The van der Waals surface area contributed by atoms with Crippen LogP contribution < -0.4 is 10.6 Å². The first-order chi connectivity index (χ1) is 12.6. The maximum atomic E-state index is 12.1. The van der Waals surface area contributed by atoms with Crippen molar-refractivity contribution in [2.75, 3.05) is 33.8 Å². The summed E-state index contributed by atoms with van der Waals surface area (Å²) < 4.78 is 10.2. The summed E-state index contributed by atoms with van der Waals surface area (Å²) >= 11 is 0. The highest BCUT2D eigenvalue weighted by molar-refractivity contribution is 5.80. The van der Waals surface area contributed by atoms with Crippen LogP contribution in [0.1, 0.15) is 47.5 Å². The van der Waals surface area contributed by atoms with Crippen LogP contribution in [-0.4, -0.2) is 68.4 Å². The second-order valence-electron chi connectivity index (χ2n) is 8.21. The monoisotopic (exact) mass is 384 g/mol. The third-order valence-corrected chi connectivity index (χ3v) is 4.53. The fourth-order valence-corrected chi connectivity index (χ4v) is 2.94. The van der Waals surface area contributed by atoms with Crippen LogP contribution in [0, 0.1) is 11.8 Å². The number of alkyl carbamates (subject to hydrolysis) is 1. The van der Waals surface area contributed by atoms with Crippen molar-refractivity contribution in [1.82, 2.24) is 15.5 Å². The Balaban J connectivity index is 2.56. The third kappa shape index (κ3) is 8.05. The van der Waals surface area contributed by atoms with Crippen molar-refractivity contribution in [1.29, 1.82) is 0 Å². The number of amides is 1. The largest absolute Gasteiger partial charge is 0.469 e. The number of esters is 1. The van der Waals surface area contributed by atoms with Crippen LogP contribution in [0.5, 0.6) is 0 Å². The van der Waals surface area contributed by atoms with Gasteiger partial charge in [-0.1, -0.05) is 13.8 Å². The summed E-state index contributed by atoms with van der Waals surface area (Å²) in [6.07, 6.45) is 1.07. The van der Waals surface area contributed by atoms with Gasteiger partial charge in [0.2, 0.25) is 0 Å². The first kappa shape index (κ1) is 23.0. The molecular formula is C19H36N4O4. The molecule has 0 aromatic carbocycles. The molecule has 27 heavy (non-hydrogen) atoms. The summed E-state index contributed by atoms with van der Waals surface area (Å²) in [7, 11) is 3.17. The highest BCUT2D eigenvalue weighted by Gasteiger charge is 2.28. The zero-order valence-corrected chi connectivity index (χ0v) is 17.8. The van der Waals surface area contributed by atoms with E-state index in [1.165, 1.54) is 7.11 Å². The Bertz CT molecular complexity index is 520. The number of carbonyl (C=O) groups is 2. The van der Waals surface area contributed by atoms with Crippen LogP contribution in [0.25, 0.3) is 0 Å². The van der Waals surface area contributed by atoms with E-state index in [-0.39, 0.29) is 23.8 Å². The number of nitrogens with zero attached hydrogens (tertiary/aromatic N) is 2. The van der Waals surface area contributed by atoms with Crippen LogP contribution in [-0.2, 0) is 14.3 Å². The highest BCUT2D eigenvalue weighted by Crippen LogP contribution is 2.18. The second kappa shape index (κ2) is 10.4. The Morgan fingerprint density at radius 1 is 1.22 bits per heavy atom. The minimum absolute atomic E-state index is 0.0402. The van der Waals surface area contributed by atoms with Crippen LogP contribution in [0.4, 0.5) is 4.79 Å². The SMILES string of the molecule is CN=C(NCC(NC(=O)OC(C)(C)C)C(C)C)N1CCC(C(=O)OC)CC1. The summed E-state index contributed by atoms with van der Waals surface area (Å²) in [6, 6.07) is -0.0933. The van der Waals surface area contributed by atoms with Crippen molar-refractivity contribution < 1.29 is 19.1 Å². The second-order valence-corrected chi connectivity index (χ2v) is 8.21. The number of hydrogen-bond acceptors (Lipinski definition) is 5. The molecule has 1 saturated heterocycles. The van der Waals surface area contributed by atoms with Crippen molar-refractivity contribution in [2.45, 2.75) is 59.1 Å². The van der Waals surface area contributed by atoms with Crippen LogP contribution in [0.3, 0.4) is 0 Å². The van der Waals surface area contributed by atoms with E-state index < -0.39 is 11.7 Å². The fourth-order valence-electron chi connectivity index (χ4n) is 2.94. The van der Waals surface area contributed by atoms with Crippen LogP contribution >= 0.6 is 0 Å². The summed E-state index contributed by atoms with van der Waals surface area (Å²) in [5.41, 5.74) is -0.529. The van der Waals surface area contributed by atoms with Gasteiger partial charge in [-0.3, -0.25) is 9.79 Å². The number of likely N-dealkylation sites (tertiary alicyclic amines) is 1. The van der Waals surface area contributed by atoms with Crippen molar-refractivity contribution in [3.05, 3.63) is 0 Å². The molecule has 0 aromatic rings. The molecule has 0 aromatic heterocycles. The van der Waals surface area contributed by atoms with Gasteiger partial charge < -0.3 is 25.0 Å². The van der Waals surface area contributed by atoms with E-state index in [1.54, 1.807) is 7.05 Å². The van der Waals surface area contributed by atoms with Gasteiger partial charge >= 0.3 is 12.1 Å². The summed E-state index contributed by atoms with van der Waals surface area (Å²) in [5, 5.41) is 6.26. The van der Waals surface area contributed by atoms with Gasteiger partial charge in [-0.25, -0.2) is 4.79 Å². The molecule has 1 atom stereocenters. The predicted octanol–water partition coefficient (Wildman–Crippen LogP) is 2.00. The Morgan fingerprint density at radius 3 is 2.26 bits per heavy atom. The summed E-state index contributed by atoms with van der Waals surface area (Å²) in [5.74, 6) is 0.823. The van der Waals surface area contributed by atoms with Gasteiger partial charge in [0.05, 0.1) is 19.1 Å². The average Bonchev–Trinajstić information content (AvgIpc) is 2.59. The lowest BCUT2D eigenvalue weighted by atomic mass is 9.97. The highest BCUT2D eigenvalue weighted by atomic mass is 16.6. The maximum Gasteiger partial charge on any atom is 0.407 e. The van der Waals surface area contributed by atoms with Gasteiger partial charge in [-0.15, -0.1) is 0 Å². The molecule has 2 N–H and O–H groups in total. The van der Waals surface area contributed by atoms with Crippen molar-refractivity contribution in [2.24, 2.45) is 16.8 Å². The smallest absolute Gasteiger partial charge is 0.407 e. The summed E-state index contributed by atoms with van der Waals surface area (Å²) in [6.45, 7) is 11.7. The number of methoxy groups -OCH3 is 1. The molecule has 1 fully saturated rings. The number of hydrogen-bond donors (Lipinski definition) is 2. The molecule has 0 spiro atoms. The Labute approximate surface area is 163 Å². The maximum absolute atomic E-state index is 12.1. The third-order valence-electron chi connectivity index (χ3n) is 4.53. The van der Waals surface area contributed by atoms with Gasteiger partial charge in [0, 0.05) is 26.7 Å². The van der Waals surface area contributed by atoms with Crippen molar-refractivity contribution >= 4 is 18.0 Å². The van der Waals surface area contributed by atoms with E-state index in [9.17, 15) is 9.59 Å². The average molecular weight is 385 g/mol. The van der Waals surface area contributed by atoms with E-state index in [1.807, 2.05) is 34.6 Å². The molecule has 0 radical (unpaired) electrons. The molecule has 1 amide bonds. The zero-order chi connectivity index (χ0) is 20.6. The number of nitrogens with one attached hydrogen (secondary N) is 2. The quantitative estimate of drug-likeness (QED) is 0.428. The van der Waals surface area contributed by atoms with Gasteiger partial charge in [0.15, 0.2) is 5.96 Å². The van der Waals surface area contributed by atoms with E-state index >= 15 is 0 Å². The van der Waals surface area contributed by atoms with Gasteiger partial charge in [0.1, 0.15) is 5.60 Å². The number of guanidine groups is 1. The van der Waals surface area contributed by atoms with Crippen LogP contribution in [0.15, 0.2) is 4.99 Å². The van der Waals surface area contributed by atoms with Gasteiger partial charge in [0.25, 0.3) is 0 Å². The summed E-state index contributed by atoms with van der Waals surface area (Å²) in [4.78, 5) is 30.2. The molecule has 0 aliphatic carbocycles. The topological polar surface area (TPSA) is 92.3 Å². The molecule has 1 aliphatic rings. The van der Waals surface area contributed by atoms with E-state index in [0.717, 1.165) is 31.9 Å². The molecule has 1 unspecified atom stereocenters. The first-order valence-electron chi connectivity index (χ1n) is 9.60. The van der Waals surface area contributed by atoms with Crippen molar-refractivity contribution in [3.63, 3.8) is 0 Å². The van der Waals surface area contributed by atoms with Crippen LogP contribution in [0.2, 0.25) is 0 Å². The molecule has 0 saturated carbocycles. The zero-order valence-electron chi connectivity index (χ0n) is 17.8. The Kier molecular flexibility index (Phi) is 8.85. The molecule has 1 heterocycles. The number of aliphatic imine (C=N–C) groups is 1. The molecule has 1 aliphatic heterocycles. The predicted molar refractivity (Wildman–Crippen MR) is 106 cm³/mol. The van der Waals surface area contributed by atoms with E-state index in [2.05, 4.69) is 20.5 Å². The number of piperidine rings is 1. The van der Waals surface area contributed by atoms with Crippen molar-refractivity contribution in [3.8, 4) is 0 Å². The minimum Gasteiger partial charge on any atom is -0.469 e. The molecule has 156 valence electrons. The number of rotatable bonds is 5. The lowest BCUT2D eigenvalue weighted by Gasteiger charge is -2.34. The molecule has 0 bridgehead atoms. The van der Waals surface area contributed by atoms with Gasteiger partial charge in [-0.2, -0.15) is 0 Å². The lowest BCUT2D eigenvalue weighted by Crippen LogP contribution is -2.52. The fraction of sp³-hybridized carbons (Fsp3) is 0.842. The standard InChI is InChI=1S/C19H36N4O4/c1-13(2)15(22-18(25)27-19(3,4)5)12-21-17(20-6)23-10-8-14(9-11-23)16(24)26-7/h13-15H,8-12H2,1-7H3,(H,20,21)(H,22,25). The molecule has 1 rings (SSSR count). The van der Waals surface area contributed by atoms with Gasteiger partial charge in [-0.05, 0) is 39.5 Å². The molecule has 8 heteroatoms. The first-order valence-corrected chi connectivity index (χ1v) is 9.60. The lowest BCUT2D eigenvalue weighted by molar-refractivity contribution is -0.146. The normalized spacial score (nSPS) is 17.5. The van der Waals surface area contributed by atoms with E-state index in [0.29, 0.717) is 6.54 Å². The van der Waals surface area contributed by atoms with E-state index in [4.69, 9.17) is 9.47 Å². The number of ether oxygens (including phenoxy) is 2.